The number of hydrogen-bond donors (Lipinski definition) is 3. The highest BCUT2D eigenvalue weighted by molar-refractivity contribution is 7.91. The summed E-state index contributed by atoms with van der Waals surface area (Å²) in [5.41, 5.74) is 0.988. The van der Waals surface area contributed by atoms with Crippen molar-refractivity contribution < 1.29 is 8.42 Å². The molecule has 0 saturated carbocycles. The average molecular weight is 314 g/mol. The molecular weight excluding hydrogens is 296 g/mol. The Hall–Kier alpha value is -1.22. The van der Waals surface area contributed by atoms with E-state index in [9.17, 15) is 8.42 Å². The van der Waals surface area contributed by atoms with E-state index in [-0.39, 0.29) is 6.54 Å². The van der Waals surface area contributed by atoms with Gasteiger partial charge in [0, 0.05) is 18.9 Å². The normalized spacial score (nSPS) is 11.8. The molecule has 0 saturated heterocycles. The lowest BCUT2D eigenvalue weighted by molar-refractivity contribution is 0.581. The number of thiophene rings is 1. The molecule has 0 aromatic carbocycles. The van der Waals surface area contributed by atoms with Crippen LogP contribution in [-0.4, -0.2) is 24.9 Å². The molecule has 0 bridgehead atoms. The minimum Gasteiger partial charge on any atom is -0.347 e. The molecule has 2 heterocycles. The van der Waals surface area contributed by atoms with Gasteiger partial charge in [0.25, 0.3) is 0 Å². The van der Waals surface area contributed by atoms with Crippen LogP contribution in [0.2, 0.25) is 0 Å². The lowest BCUT2D eigenvalue weighted by Crippen LogP contribution is -2.23. The molecule has 0 unspecified atom stereocenters. The van der Waals surface area contributed by atoms with Gasteiger partial charge in [-0.15, -0.1) is 11.3 Å². The van der Waals surface area contributed by atoms with Crippen LogP contribution in [0.5, 0.6) is 0 Å². The largest absolute Gasteiger partial charge is 0.347 e. The molecule has 20 heavy (non-hydrogen) atoms. The highest BCUT2D eigenvalue weighted by atomic mass is 32.2. The summed E-state index contributed by atoms with van der Waals surface area (Å²) in [5, 5.41) is 5.11. The quantitative estimate of drug-likeness (QED) is 0.644. The Balaban J connectivity index is 1.95. The fourth-order valence-electron chi connectivity index (χ4n) is 1.63. The molecule has 3 N–H and O–H groups in total. The van der Waals surface area contributed by atoms with E-state index < -0.39 is 10.0 Å². The van der Waals surface area contributed by atoms with E-state index in [1.54, 1.807) is 18.5 Å². The van der Waals surface area contributed by atoms with Crippen molar-refractivity contribution in [1.29, 1.82) is 0 Å². The van der Waals surface area contributed by atoms with Gasteiger partial charge < -0.3 is 10.3 Å². The Labute approximate surface area is 122 Å². The summed E-state index contributed by atoms with van der Waals surface area (Å²) in [6.45, 7) is 3.87. The number of imidazole rings is 1. The topological polar surface area (TPSA) is 86.9 Å². The van der Waals surface area contributed by atoms with Crippen molar-refractivity contribution in [3.63, 3.8) is 0 Å². The average Bonchev–Trinajstić information content (AvgIpc) is 3.08. The highest BCUT2D eigenvalue weighted by Gasteiger charge is 2.16. The van der Waals surface area contributed by atoms with Crippen LogP contribution in [0.25, 0.3) is 0 Å². The predicted molar refractivity (Wildman–Crippen MR) is 78.9 cm³/mol. The molecule has 0 atom stereocenters. The number of nitrogens with one attached hydrogen (secondary N) is 3. The van der Waals surface area contributed by atoms with Crippen LogP contribution in [0.4, 0.5) is 0 Å². The molecule has 0 aliphatic heterocycles. The van der Waals surface area contributed by atoms with Crippen LogP contribution in [-0.2, 0) is 23.1 Å². The molecule has 0 aliphatic rings. The molecule has 110 valence electrons. The van der Waals surface area contributed by atoms with E-state index >= 15 is 0 Å². The van der Waals surface area contributed by atoms with Gasteiger partial charge in [-0.2, -0.15) is 0 Å². The summed E-state index contributed by atoms with van der Waals surface area (Å²) in [5.74, 6) is 0.593. The van der Waals surface area contributed by atoms with Crippen molar-refractivity contribution >= 4 is 21.4 Å². The van der Waals surface area contributed by atoms with E-state index in [0.29, 0.717) is 16.6 Å². The van der Waals surface area contributed by atoms with Gasteiger partial charge >= 0.3 is 0 Å². The van der Waals surface area contributed by atoms with E-state index in [4.69, 9.17) is 0 Å². The summed E-state index contributed by atoms with van der Waals surface area (Å²) in [6.07, 6.45) is 4.30. The Kier molecular flexibility index (Phi) is 5.30. The molecule has 8 heteroatoms. The van der Waals surface area contributed by atoms with Crippen LogP contribution < -0.4 is 10.0 Å². The van der Waals surface area contributed by atoms with Crippen LogP contribution in [0.3, 0.4) is 0 Å². The van der Waals surface area contributed by atoms with Gasteiger partial charge in [0.2, 0.25) is 10.0 Å². The summed E-state index contributed by atoms with van der Waals surface area (Å²) in [6, 6.07) is 1.71. The maximum Gasteiger partial charge on any atom is 0.250 e. The molecule has 0 fully saturated rings. The minimum atomic E-state index is -3.47. The third-order valence-electron chi connectivity index (χ3n) is 2.63. The van der Waals surface area contributed by atoms with E-state index in [1.807, 2.05) is 5.38 Å². The molecule has 2 rings (SSSR count). The summed E-state index contributed by atoms with van der Waals surface area (Å²) in [4.78, 5) is 6.84. The fraction of sp³-hybridized carbons (Fsp3) is 0.417. The second-order valence-electron chi connectivity index (χ2n) is 4.31. The smallest absolute Gasteiger partial charge is 0.250 e. The van der Waals surface area contributed by atoms with Crippen LogP contribution >= 0.6 is 11.3 Å². The van der Waals surface area contributed by atoms with Gasteiger partial charge in [0.1, 0.15) is 10.0 Å². The Morgan fingerprint density at radius 1 is 1.40 bits per heavy atom. The first-order chi connectivity index (χ1) is 9.62. The van der Waals surface area contributed by atoms with E-state index in [0.717, 1.165) is 18.5 Å². The zero-order valence-corrected chi connectivity index (χ0v) is 12.9. The number of aromatic amines is 1. The monoisotopic (exact) mass is 314 g/mol. The van der Waals surface area contributed by atoms with Gasteiger partial charge in [-0.05, 0) is 30.0 Å². The molecule has 0 spiro atoms. The molecule has 0 aliphatic carbocycles. The maximum absolute atomic E-state index is 12.1. The molecule has 0 amide bonds. The molecule has 0 radical (unpaired) electrons. The second kappa shape index (κ2) is 6.98. The van der Waals surface area contributed by atoms with E-state index in [1.165, 1.54) is 11.3 Å². The van der Waals surface area contributed by atoms with E-state index in [2.05, 4.69) is 26.9 Å². The SMILES string of the molecule is CCCNCc1csc(S(=O)(=O)NCc2ncc[nH]2)c1. The zero-order valence-electron chi connectivity index (χ0n) is 11.2. The fourth-order valence-corrected chi connectivity index (χ4v) is 3.87. The molecular formula is C12H18N4O2S2. The van der Waals surface area contributed by atoms with Crippen molar-refractivity contribution in [2.75, 3.05) is 6.54 Å². The van der Waals surface area contributed by atoms with Crippen LogP contribution in [0.15, 0.2) is 28.0 Å². The minimum absolute atomic E-state index is 0.163. The highest BCUT2D eigenvalue weighted by Crippen LogP contribution is 2.20. The number of hydrogen-bond acceptors (Lipinski definition) is 5. The third kappa shape index (κ3) is 4.14. The van der Waals surface area contributed by atoms with Crippen molar-refractivity contribution in [1.82, 2.24) is 20.0 Å². The van der Waals surface area contributed by atoms with Gasteiger partial charge in [-0.3, -0.25) is 0 Å². The Morgan fingerprint density at radius 3 is 2.95 bits per heavy atom. The number of nitrogens with zero attached hydrogens (tertiary/aromatic N) is 1. The summed E-state index contributed by atoms with van der Waals surface area (Å²) >= 11 is 1.23. The number of H-pyrrole nitrogens is 1. The number of aromatic nitrogens is 2. The standard InChI is InChI=1S/C12H18N4O2S2/c1-2-3-13-7-10-6-12(19-9-10)20(17,18)16-8-11-14-4-5-15-11/h4-6,9,13,16H,2-3,7-8H2,1H3,(H,14,15). The Bertz CT molecular complexity index is 620. The Morgan fingerprint density at radius 2 is 2.25 bits per heavy atom. The first kappa shape index (κ1) is 15.2. The van der Waals surface area contributed by atoms with Crippen LogP contribution in [0.1, 0.15) is 24.7 Å². The van der Waals surface area contributed by atoms with Gasteiger partial charge in [0.15, 0.2) is 0 Å². The second-order valence-corrected chi connectivity index (χ2v) is 7.22. The van der Waals surface area contributed by atoms with Gasteiger partial charge in [-0.25, -0.2) is 18.1 Å². The van der Waals surface area contributed by atoms with Crippen molar-refractivity contribution in [3.8, 4) is 0 Å². The van der Waals surface area contributed by atoms with Crippen molar-refractivity contribution in [2.24, 2.45) is 0 Å². The number of rotatable bonds is 8. The molecule has 6 nitrogen and oxygen atoms in total. The van der Waals surface area contributed by atoms with Gasteiger partial charge in [0.05, 0.1) is 6.54 Å². The zero-order chi connectivity index (χ0) is 14.4. The summed E-state index contributed by atoms with van der Waals surface area (Å²) in [7, 11) is -3.47. The predicted octanol–water partition coefficient (Wildman–Crippen LogP) is 1.45. The third-order valence-corrected chi connectivity index (χ3v) is 5.52. The van der Waals surface area contributed by atoms with Gasteiger partial charge in [-0.1, -0.05) is 6.92 Å². The first-order valence-electron chi connectivity index (χ1n) is 6.38. The van der Waals surface area contributed by atoms with Crippen LogP contribution in [0, 0.1) is 0 Å². The lowest BCUT2D eigenvalue weighted by atomic mass is 10.3. The maximum atomic E-state index is 12.1. The van der Waals surface area contributed by atoms with Crippen molar-refractivity contribution in [3.05, 3.63) is 35.2 Å². The summed E-state index contributed by atoms with van der Waals surface area (Å²) < 4.78 is 27.1. The number of sulfonamides is 1. The first-order valence-corrected chi connectivity index (χ1v) is 8.74. The lowest BCUT2D eigenvalue weighted by Gasteiger charge is -2.02. The van der Waals surface area contributed by atoms with Crippen molar-refractivity contribution in [2.45, 2.75) is 30.6 Å². The molecule has 2 aromatic heterocycles. The molecule has 2 aromatic rings.